The molecule has 1 aromatic carbocycles. The van der Waals surface area contributed by atoms with E-state index in [-0.39, 0.29) is 0 Å². The minimum Gasteiger partial charge on any atom is -0.310 e. The van der Waals surface area contributed by atoms with E-state index in [1.54, 1.807) is 0 Å². The lowest BCUT2D eigenvalue weighted by molar-refractivity contribution is 0.365. The van der Waals surface area contributed by atoms with Crippen LogP contribution in [0.5, 0.6) is 0 Å². The van der Waals surface area contributed by atoms with Gasteiger partial charge in [0.1, 0.15) is 0 Å². The van der Waals surface area contributed by atoms with Gasteiger partial charge in [0.25, 0.3) is 0 Å². The van der Waals surface area contributed by atoms with Gasteiger partial charge in [0.2, 0.25) is 0 Å². The third kappa shape index (κ3) is 5.53. The van der Waals surface area contributed by atoms with Crippen molar-refractivity contribution in [2.75, 3.05) is 20.6 Å². The van der Waals surface area contributed by atoms with Gasteiger partial charge in [-0.15, -0.1) is 0 Å². The SMILES string of the molecule is Cc1ccc(CNC(C)CCN(C)C)cc1Cl. The van der Waals surface area contributed by atoms with Crippen molar-refractivity contribution in [3.8, 4) is 0 Å². The van der Waals surface area contributed by atoms with E-state index in [1.165, 1.54) is 5.56 Å². The summed E-state index contributed by atoms with van der Waals surface area (Å²) in [5.74, 6) is 0. The van der Waals surface area contributed by atoms with Gasteiger partial charge >= 0.3 is 0 Å². The molecule has 0 saturated heterocycles. The summed E-state index contributed by atoms with van der Waals surface area (Å²) in [7, 11) is 4.21. The molecule has 1 aromatic rings. The van der Waals surface area contributed by atoms with E-state index in [0.717, 1.165) is 30.1 Å². The number of halogens is 1. The zero-order chi connectivity index (χ0) is 12.8. The molecule has 3 heteroatoms. The average molecular weight is 255 g/mol. The zero-order valence-electron chi connectivity index (χ0n) is 11.3. The van der Waals surface area contributed by atoms with Gasteiger partial charge in [-0.05, 0) is 58.1 Å². The van der Waals surface area contributed by atoms with Crippen LogP contribution in [0, 0.1) is 6.92 Å². The van der Waals surface area contributed by atoms with Crippen molar-refractivity contribution in [3.05, 3.63) is 34.3 Å². The lowest BCUT2D eigenvalue weighted by Crippen LogP contribution is -2.29. The lowest BCUT2D eigenvalue weighted by atomic mass is 10.1. The topological polar surface area (TPSA) is 15.3 Å². The Bertz CT molecular complexity index is 350. The smallest absolute Gasteiger partial charge is 0.0438 e. The maximum atomic E-state index is 6.10. The summed E-state index contributed by atoms with van der Waals surface area (Å²) in [6.45, 7) is 6.25. The van der Waals surface area contributed by atoms with Crippen LogP contribution in [0.3, 0.4) is 0 Å². The van der Waals surface area contributed by atoms with Crippen LogP contribution in [0.1, 0.15) is 24.5 Å². The quantitative estimate of drug-likeness (QED) is 0.839. The summed E-state index contributed by atoms with van der Waals surface area (Å²) < 4.78 is 0. The average Bonchev–Trinajstić information content (AvgIpc) is 2.28. The molecule has 0 aromatic heterocycles. The van der Waals surface area contributed by atoms with Gasteiger partial charge in [-0.2, -0.15) is 0 Å². The van der Waals surface area contributed by atoms with E-state index in [1.807, 2.05) is 13.0 Å². The lowest BCUT2D eigenvalue weighted by Gasteiger charge is -2.17. The van der Waals surface area contributed by atoms with Gasteiger partial charge in [0.05, 0.1) is 0 Å². The highest BCUT2D eigenvalue weighted by atomic mass is 35.5. The van der Waals surface area contributed by atoms with E-state index < -0.39 is 0 Å². The highest BCUT2D eigenvalue weighted by Crippen LogP contribution is 2.16. The van der Waals surface area contributed by atoms with Crippen LogP contribution in [0.2, 0.25) is 5.02 Å². The fraction of sp³-hybridized carbons (Fsp3) is 0.571. The van der Waals surface area contributed by atoms with Gasteiger partial charge in [-0.3, -0.25) is 0 Å². The molecule has 0 aliphatic heterocycles. The molecule has 1 rings (SSSR count). The maximum absolute atomic E-state index is 6.10. The summed E-state index contributed by atoms with van der Waals surface area (Å²) in [5.41, 5.74) is 2.38. The molecular formula is C14H23ClN2. The van der Waals surface area contributed by atoms with E-state index >= 15 is 0 Å². The number of nitrogens with one attached hydrogen (secondary N) is 1. The predicted octanol–water partition coefficient (Wildman–Crippen LogP) is 3.08. The van der Waals surface area contributed by atoms with Gasteiger partial charge in [-0.1, -0.05) is 23.7 Å². The summed E-state index contributed by atoms with van der Waals surface area (Å²) in [6.07, 6.45) is 1.16. The minimum atomic E-state index is 0.525. The maximum Gasteiger partial charge on any atom is 0.0438 e. The van der Waals surface area contributed by atoms with Crippen molar-refractivity contribution in [1.29, 1.82) is 0 Å². The van der Waals surface area contributed by atoms with E-state index in [0.29, 0.717) is 6.04 Å². The number of hydrogen-bond acceptors (Lipinski definition) is 2. The van der Waals surface area contributed by atoms with Crippen LogP contribution < -0.4 is 5.32 Å². The second-order valence-electron chi connectivity index (χ2n) is 4.96. The first-order chi connectivity index (χ1) is 7.99. The molecule has 0 aliphatic carbocycles. The van der Waals surface area contributed by atoms with Crippen molar-refractivity contribution in [1.82, 2.24) is 10.2 Å². The molecule has 0 radical (unpaired) electrons. The summed E-state index contributed by atoms with van der Waals surface area (Å²) >= 11 is 6.10. The van der Waals surface area contributed by atoms with Crippen molar-refractivity contribution >= 4 is 11.6 Å². The molecular weight excluding hydrogens is 232 g/mol. The monoisotopic (exact) mass is 254 g/mol. The molecule has 2 nitrogen and oxygen atoms in total. The third-order valence-electron chi connectivity index (χ3n) is 2.90. The molecule has 0 aliphatic rings. The zero-order valence-corrected chi connectivity index (χ0v) is 12.0. The Morgan fingerprint density at radius 2 is 2.06 bits per heavy atom. The largest absolute Gasteiger partial charge is 0.310 e. The molecule has 17 heavy (non-hydrogen) atoms. The number of nitrogens with zero attached hydrogens (tertiary/aromatic N) is 1. The van der Waals surface area contributed by atoms with Gasteiger partial charge in [-0.25, -0.2) is 0 Å². The summed E-state index contributed by atoms with van der Waals surface area (Å²) in [6, 6.07) is 6.77. The van der Waals surface area contributed by atoms with Crippen LogP contribution in [0.15, 0.2) is 18.2 Å². The van der Waals surface area contributed by atoms with Crippen LogP contribution in [0.4, 0.5) is 0 Å². The third-order valence-corrected chi connectivity index (χ3v) is 3.31. The van der Waals surface area contributed by atoms with Crippen LogP contribution >= 0.6 is 11.6 Å². The first-order valence-electron chi connectivity index (χ1n) is 6.12. The number of hydrogen-bond donors (Lipinski definition) is 1. The van der Waals surface area contributed by atoms with Gasteiger partial charge < -0.3 is 10.2 Å². The molecule has 1 atom stereocenters. The molecule has 0 amide bonds. The number of aryl methyl sites for hydroxylation is 1. The Morgan fingerprint density at radius 3 is 2.65 bits per heavy atom. The molecule has 0 spiro atoms. The van der Waals surface area contributed by atoms with Crippen LogP contribution in [-0.4, -0.2) is 31.6 Å². The molecule has 1 N–H and O–H groups in total. The Kier molecular flexibility index (Phi) is 5.96. The van der Waals surface area contributed by atoms with E-state index in [2.05, 4.69) is 43.4 Å². The predicted molar refractivity (Wildman–Crippen MR) is 75.7 cm³/mol. The highest BCUT2D eigenvalue weighted by Gasteiger charge is 2.03. The Labute approximate surface area is 110 Å². The first-order valence-corrected chi connectivity index (χ1v) is 6.50. The fourth-order valence-electron chi connectivity index (χ4n) is 1.59. The fourth-order valence-corrected chi connectivity index (χ4v) is 1.80. The van der Waals surface area contributed by atoms with Crippen molar-refractivity contribution < 1.29 is 0 Å². The number of rotatable bonds is 6. The Morgan fingerprint density at radius 1 is 1.35 bits per heavy atom. The van der Waals surface area contributed by atoms with Crippen molar-refractivity contribution in [2.45, 2.75) is 32.9 Å². The van der Waals surface area contributed by atoms with Gasteiger partial charge in [0, 0.05) is 17.6 Å². The molecule has 96 valence electrons. The highest BCUT2D eigenvalue weighted by molar-refractivity contribution is 6.31. The molecule has 0 heterocycles. The first kappa shape index (κ1) is 14.5. The summed E-state index contributed by atoms with van der Waals surface area (Å²) in [5, 5.41) is 4.37. The number of benzene rings is 1. The summed E-state index contributed by atoms with van der Waals surface area (Å²) in [4.78, 5) is 2.21. The van der Waals surface area contributed by atoms with E-state index in [9.17, 15) is 0 Å². The molecule has 0 saturated carbocycles. The second kappa shape index (κ2) is 7.00. The molecule has 0 fully saturated rings. The normalized spacial score (nSPS) is 13.1. The van der Waals surface area contributed by atoms with Crippen LogP contribution in [-0.2, 0) is 6.54 Å². The minimum absolute atomic E-state index is 0.525. The van der Waals surface area contributed by atoms with E-state index in [4.69, 9.17) is 11.6 Å². The molecule has 1 unspecified atom stereocenters. The second-order valence-corrected chi connectivity index (χ2v) is 5.36. The standard InChI is InChI=1S/C14H23ClN2/c1-11-5-6-13(9-14(11)15)10-16-12(2)7-8-17(3)4/h5-6,9,12,16H,7-8,10H2,1-4H3. The Hall–Kier alpha value is -0.570. The van der Waals surface area contributed by atoms with Crippen molar-refractivity contribution in [2.24, 2.45) is 0 Å². The van der Waals surface area contributed by atoms with Gasteiger partial charge in [0.15, 0.2) is 0 Å². The Balaban J connectivity index is 2.36. The van der Waals surface area contributed by atoms with Crippen molar-refractivity contribution in [3.63, 3.8) is 0 Å². The van der Waals surface area contributed by atoms with Crippen LogP contribution in [0.25, 0.3) is 0 Å². The molecule has 0 bridgehead atoms.